The predicted molar refractivity (Wildman–Crippen MR) is 116 cm³/mol. The van der Waals surface area contributed by atoms with Crippen molar-refractivity contribution in [2.45, 2.75) is 90.0 Å². The second-order valence-corrected chi connectivity index (χ2v) is 10.1. The van der Waals surface area contributed by atoms with Crippen LogP contribution in [0.3, 0.4) is 0 Å². The third-order valence-corrected chi connectivity index (χ3v) is 6.58. The monoisotopic (exact) mass is 434 g/mol. The number of halogens is 1. The Morgan fingerprint density at radius 2 is 1.94 bits per heavy atom. The molecule has 7 heteroatoms. The van der Waals surface area contributed by atoms with Gasteiger partial charge in [0.25, 0.3) is 0 Å². The Kier molecular flexibility index (Phi) is 6.94. The third-order valence-electron chi connectivity index (χ3n) is 6.58. The molecule has 3 rings (SSSR count). The first-order valence-electron chi connectivity index (χ1n) is 11.2. The van der Waals surface area contributed by atoms with Crippen LogP contribution in [0.5, 0.6) is 0 Å². The zero-order valence-electron chi connectivity index (χ0n) is 19.0. The molecule has 0 spiro atoms. The minimum absolute atomic E-state index is 0.0604. The van der Waals surface area contributed by atoms with Crippen LogP contribution in [-0.4, -0.2) is 52.3 Å². The highest BCUT2D eigenvalue weighted by atomic mass is 19.1. The van der Waals surface area contributed by atoms with Gasteiger partial charge in [-0.2, -0.15) is 0 Å². The highest BCUT2D eigenvalue weighted by molar-refractivity contribution is 5.78. The van der Waals surface area contributed by atoms with Gasteiger partial charge in [-0.05, 0) is 51.7 Å². The highest BCUT2D eigenvalue weighted by Crippen LogP contribution is 2.48. The van der Waals surface area contributed by atoms with Crippen LogP contribution in [0.4, 0.5) is 9.18 Å². The van der Waals surface area contributed by atoms with E-state index in [9.17, 15) is 19.1 Å². The van der Waals surface area contributed by atoms with Crippen molar-refractivity contribution in [3.63, 3.8) is 0 Å². The zero-order chi connectivity index (χ0) is 22.8. The second-order valence-electron chi connectivity index (χ2n) is 10.1. The van der Waals surface area contributed by atoms with E-state index < -0.39 is 29.0 Å². The molecule has 172 valence electrons. The van der Waals surface area contributed by atoms with Gasteiger partial charge in [-0.25, -0.2) is 9.18 Å². The Morgan fingerprint density at radius 3 is 2.61 bits per heavy atom. The van der Waals surface area contributed by atoms with Gasteiger partial charge in [0.1, 0.15) is 11.4 Å². The Balaban J connectivity index is 1.75. The molecular formula is C24H35FN2O4. The number of nitrogens with one attached hydrogen (secondary N) is 1. The maximum Gasteiger partial charge on any atom is 0.410 e. The highest BCUT2D eigenvalue weighted by Gasteiger charge is 2.55. The molecule has 1 aromatic rings. The molecule has 2 N–H and O–H groups in total. The maximum atomic E-state index is 13.9. The number of ether oxygens (including phenoxy) is 1. The first-order valence-corrected chi connectivity index (χ1v) is 11.2. The van der Waals surface area contributed by atoms with E-state index >= 15 is 0 Å². The molecule has 1 aromatic carbocycles. The van der Waals surface area contributed by atoms with Gasteiger partial charge in [0.2, 0.25) is 5.91 Å². The fourth-order valence-corrected chi connectivity index (χ4v) is 5.02. The topological polar surface area (TPSA) is 78.9 Å². The van der Waals surface area contributed by atoms with E-state index in [1.165, 1.54) is 6.07 Å². The van der Waals surface area contributed by atoms with Crippen molar-refractivity contribution in [2.24, 2.45) is 5.41 Å². The van der Waals surface area contributed by atoms with Crippen LogP contribution < -0.4 is 5.32 Å². The summed E-state index contributed by atoms with van der Waals surface area (Å²) in [4.78, 5) is 27.3. The van der Waals surface area contributed by atoms with E-state index in [1.807, 2.05) is 27.7 Å². The molecule has 0 bridgehead atoms. The molecule has 2 aliphatic rings. The van der Waals surface area contributed by atoms with E-state index in [0.29, 0.717) is 18.4 Å². The fourth-order valence-electron chi connectivity index (χ4n) is 5.02. The van der Waals surface area contributed by atoms with Gasteiger partial charge in [-0.1, -0.05) is 38.0 Å². The van der Waals surface area contributed by atoms with Gasteiger partial charge >= 0.3 is 6.09 Å². The van der Waals surface area contributed by atoms with E-state index in [-0.39, 0.29) is 31.0 Å². The number of rotatable bonds is 4. The molecule has 6 nitrogen and oxygen atoms in total. The molecule has 0 aromatic heterocycles. The number of carbonyl (C=O) groups excluding carboxylic acids is 2. The van der Waals surface area contributed by atoms with Crippen molar-refractivity contribution in [1.82, 2.24) is 10.2 Å². The standard InChI is InChI=1S/C24H35FN2O4/c1-23(2,3)31-22(30)27-17(14-24(4)19(27)11-7-8-12-20(24)28)15-26-21(29)13-16-9-5-6-10-18(16)25/h5-6,9-10,17,19-20,28H,7-8,11-15H2,1-4H3,(H,26,29)/t17-,19-,20+,24-/m1/s1. The van der Waals surface area contributed by atoms with Crippen molar-refractivity contribution < 1.29 is 23.8 Å². The van der Waals surface area contributed by atoms with Crippen molar-refractivity contribution >= 4 is 12.0 Å². The van der Waals surface area contributed by atoms with Crippen molar-refractivity contribution in [3.8, 4) is 0 Å². The van der Waals surface area contributed by atoms with Gasteiger partial charge in [0, 0.05) is 18.0 Å². The number of benzene rings is 1. The van der Waals surface area contributed by atoms with Crippen LogP contribution in [-0.2, 0) is 16.0 Å². The average Bonchev–Trinajstić information content (AvgIpc) is 2.89. The summed E-state index contributed by atoms with van der Waals surface area (Å²) in [5.74, 6) is -0.709. The summed E-state index contributed by atoms with van der Waals surface area (Å²) in [7, 11) is 0. The van der Waals surface area contributed by atoms with Crippen LogP contribution in [0, 0.1) is 11.2 Å². The summed E-state index contributed by atoms with van der Waals surface area (Å²) in [5, 5.41) is 13.7. The molecule has 1 aliphatic carbocycles. The molecule has 1 aliphatic heterocycles. The number of aliphatic hydroxyl groups excluding tert-OH is 1. The van der Waals surface area contributed by atoms with E-state index in [0.717, 1.165) is 19.3 Å². The first-order chi connectivity index (χ1) is 14.5. The van der Waals surface area contributed by atoms with Crippen LogP contribution in [0.1, 0.15) is 65.4 Å². The Bertz CT molecular complexity index is 809. The fraction of sp³-hybridized carbons (Fsp3) is 0.667. The summed E-state index contributed by atoms with van der Waals surface area (Å²) in [6, 6.07) is 5.77. The number of nitrogens with zero attached hydrogens (tertiary/aromatic N) is 1. The largest absolute Gasteiger partial charge is 0.444 e. The minimum atomic E-state index is -0.641. The smallest absolute Gasteiger partial charge is 0.410 e. The first kappa shape index (κ1) is 23.5. The van der Waals surface area contributed by atoms with Crippen molar-refractivity contribution in [2.75, 3.05) is 6.54 Å². The lowest BCUT2D eigenvalue weighted by Gasteiger charge is -2.37. The number of amides is 2. The zero-order valence-corrected chi connectivity index (χ0v) is 19.0. The molecule has 1 saturated carbocycles. The SMILES string of the molecule is CC(C)(C)OC(=O)N1[C@@H](CNC(=O)Cc2ccccc2F)C[C@@]2(C)[C@@H](O)CCCC[C@@H]12. The Labute approximate surface area is 184 Å². The molecule has 1 heterocycles. The van der Waals surface area contributed by atoms with Gasteiger partial charge in [-0.15, -0.1) is 0 Å². The molecule has 4 atom stereocenters. The molecule has 1 saturated heterocycles. The molecule has 2 fully saturated rings. The molecule has 0 radical (unpaired) electrons. The van der Waals surface area contributed by atoms with Crippen LogP contribution >= 0.6 is 0 Å². The summed E-state index contributed by atoms with van der Waals surface area (Å²) in [5.41, 5.74) is -0.755. The van der Waals surface area contributed by atoms with Gasteiger partial charge in [-0.3, -0.25) is 9.69 Å². The summed E-state index contributed by atoms with van der Waals surface area (Å²) in [6.07, 6.45) is 2.97. The Hall–Kier alpha value is -2.15. The van der Waals surface area contributed by atoms with Crippen LogP contribution in [0.2, 0.25) is 0 Å². The van der Waals surface area contributed by atoms with E-state index in [4.69, 9.17) is 4.74 Å². The van der Waals surface area contributed by atoms with Gasteiger partial charge in [0.05, 0.1) is 18.6 Å². The lowest BCUT2D eigenvalue weighted by molar-refractivity contribution is -0.120. The molecular weight excluding hydrogens is 399 g/mol. The number of fused-ring (bicyclic) bond motifs is 1. The number of likely N-dealkylation sites (tertiary alicyclic amines) is 1. The van der Waals surface area contributed by atoms with Gasteiger partial charge < -0.3 is 15.2 Å². The average molecular weight is 435 g/mol. The summed E-state index contributed by atoms with van der Waals surface area (Å²) >= 11 is 0. The quantitative estimate of drug-likeness (QED) is 0.756. The maximum absolute atomic E-state index is 13.9. The number of aliphatic hydroxyl groups is 1. The van der Waals surface area contributed by atoms with E-state index in [2.05, 4.69) is 5.32 Å². The van der Waals surface area contributed by atoms with Gasteiger partial charge in [0.15, 0.2) is 0 Å². The van der Waals surface area contributed by atoms with Crippen molar-refractivity contribution in [1.29, 1.82) is 0 Å². The normalized spacial score (nSPS) is 28.6. The Morgan fingerprint density at radius 1 is 1.26 bits per heavy atom. The minimum Gasteiger partial charge on any atom is -0.444 e. The number of hydrogen-bond donors (Lipinski definition) is 2. The number of hydrogen-bond acceptors (Lipinski definition) is 4. The van der Waals surface area contributed by atoms with Crippen LogP contribution in [0.25, 0.3) is 0 Å². The second kappa shape index (κ2) is 9.15. The number of carbonyl (C=O) groups is 2. The third kappa shape index (κ3) is 5.37. The van der Waals surface area contributed by atoms with Crippen molar-refractivity contribution in [3.05, 3.63) is 35.6 Å². The lowest BCUT2D eigenvalue weighted by atomic mass is 9.75. The molecule has 2 amide bonds. The lowest BCUT2D eigenvalue weighted by Crippen LogP contribution is -2.50. The summed E-state index contributed by atoms with van der Waals surface area (Å²) in [6.45, 7) is 7.76. The molecule has 0 unspecified atom stereocenters. The predicted octanol–water partition coefficient (Wildman–Crippen LogP) is 3.80. The molecule has 31 heavy (non-hydrogen) atoms. The van der Waals surface area contributed by atoms with E-state index in [1.54, 1.807) is 23.1 Å². The van der Waals surface area contributed by atoms with Crippen LogP contribution in [0.15, 0.2) is 24.3 Å². The summed E-state index contributed by atoms with van der Waals surface area (Å²) < 4.78 is 19.6.